The van der Waals surface area contributed by atoms with E-state index in [2.05, 4.69) is 20.7 Å². The van der Waals surface area contributed by atoms with E-state index in [4.69, 9.17) is 10.9 Å². The smallest absolute Gasteiger partial charge is 0.148 e. The van der Waals surface area contributed by atoms with Gasteiger partial charge in [0.1, 0.15) is 18.0 Å². The van der Waals surface area contributed by atoms with Crippen molar-refractivity contribution in [3.8, 4) is 0 Å². The van der Waals surface area contributed by atoms with Gasteiger partial charge in [-0.15, -0.1) is 0 Å². The van der Waals surface area contributed by atoms with Crippen LogP contribution in [0.2, 0.25) is 0 Å². The Bertz CT molecular complexity index is 318. The summed E-state index contributed by atoms with van der Waals surface area (Å²) in [5, 5.41) is 11.9. The maximum absolute atomic E-state index is 8.63. The van der Waals surface area contributed by atoms with Gasteiger partial charge in [-0.25, -0.2) is 15.8 Å². The Morgan fingerprint density at radius 1 is 1.25 bits per heavy atom. The first-order valence-corrected chi connectivity index (χ1v) is 5.42. The third-order valence-electron chi connectivity index (χ3n) is 2.35. The number of nitrogens with two attached hydrogens (primary N) is 1. The van der Waals surface area contributed by atoms with Crippen LogP contribution in [-0.2, 0) is 0 Å². The molecule has 0 saturated carbocycles. The van der Waals surface area contributed by atoms with Crippen molar-refractivity contribution in [2.24, 2.45) is 5.84 Å². The molecule has 0 unspecified atom stereocenters. The van der Waals surface area contributed by atoms with Crippen LogP contribution in [0.5, 0.6) is 0 Å². The molecule has 1 heterocycles. The van der Waals surface area contributed by atoms with Crippen LogP contribution in [0.3, 0.4) is 0 Å². The SMILES string of the molecule is Cc1c(NN)ncnc1NCCCCCO. The molecule has 1 rings (SSSR count). The van der Waals surface area contributed by atoms with Crippen LogP contribution in [0.25, 0.3) is 0 Å². The van der Waals surface area contributed by atoms with Gasteiger partial charge in [0.25, 0.3) is 0 Å². The molecular formula is C10H19N5O. The number of nitrogens with zero attached hydrogens (tertiary/aromatic N) is 2. The quantitative estimate of drug-likeness (QED) is 0.309. The first-order valence-electron chi connectivity index (χ1n) is 5.42. The van der Waals surface area contributed by atoms with E-state index in [9.17, 15) is 0 Å². The highest BCUT2D eigenvalue weighted by molar-refractivity contribution is 5.55. The van der Waals surface area contributed by atoms with E-state index in [1.54, 1.807) is 0 Å². The summed E-state index contributed by atoms with van der Waals surface area (Å²) in [6, 6.07) is 0. The first-order chi connectivity index (χ1) is 7.79. The minimum atomic E-state index is 0.258. The second-order valence-corrected chi connectivity index (χ2v) is 3.55. The van der Waals surface area contributed by atoms with Crippen molar-refractivity contribution < 1.29 is 5.11 Å². The zero-order chi connectivity index (χ0) is 11.8. The van der Waals surface area contributed by atoms with E-state index in [0.717, 1.165) is 37.2 Å². The Balaban J connectivity index is 2.41. The molecule has 6 nitrogen and oxygen atoms in total. The number of anilines is 2. The van der Waals surface area contributed by atoms with E-state index in [1.165, 1.54) is 6.33 Å². The number of hydrogen-bond acceptors (Lipinski definition) is 6. The van der Waals surface area contributed by atoms with Gasteiger partial charge in [-0.2, -0.15) is 0 Å². The van der Waals surface area contributed by atoms with Crippen LogP contribution in [0.4, 0.5) is 11.6 Å². The lowest BCUT2D eigenvalue weighted by atomic mass is 10.2. The van der Waals surface area contributed by atoms with Crippen molar-refractivity contribution in [1.82, 2.24) is 9.97 Å². The summed E-state index contributed by atoms with van der Waals surface area (Å²) in [5.74, 6) is 6.75. The lowest BCUT2D eigenvalue weighted by molar-refractivity contribution is 0.283. The lowest BCUT2D eigenvalue weighted by Gasteiger charge is -2.10. The average molecular weight is 225 g/mol. The highest BCUT2D eigenvalue weighted by Gasteiger charge is 2.04. The average Bonchev–Trinajstić information content (AvgIpc) is 2.31. The van der Waals surface area contributed by atoms with Gasteiger partial charge in [-0.1, -0.05) is 0 Å². The monoisotopic (exact) mass is 225 g/mol. The number of aliphatic hydroxyl groups excluding tert-OH is 1. The van der Waals surface area contributed by atoms with E-state index < -0.39 is 0 Å². The van der Waals surface area contributed by atoms with E-state index in [1.807, 2.05) is 6.92 Å². The predicted molar refractivity (Wildman–Crippen MR) is 64.0 cm³/mol. The van der Waals surface area contributed by atoms with Crippen molar-refractivity contribution in [2.45, 2.75) is 26.2 Å². The van der Waals surface area contributed by atoms with Crippen LogP contribution in [0, 0.1) is 6.92 Å². The molecule has 16 heavy (non-hydrogen) atoms. The first kappa shape index (κ1) is 12.7. The second kappa shape index (κ2) is 6.97. The Hall–Kier alpha value is -1.40. The van der Waals surface area contributed by atoms with Crippen LogP contribution >= 0.6 is 0 Å². The van der Waals surface area contributed by atoms with Crippen LogP contribution in [0.1, 0.15) is 24.8 Å². The molecule has 0 aliphatic heterocycles. The van der Waals surface area contributed by atoms with E-state index >= 15 is 0 Å². The predicted octanol–water partition coefficient (Wildman–Crippen LogP) is 0.645. The molecular weight excluding hydrogens is 206 g/mol. The van der Waals surface area contributed by atoms with Crippen LogP contribution in [-0.4, -0.2) is 28.2 Å². The molecule has 5 N–H and O–H groups in total. The van der Waals surface area contributed by atoms with Gasteiger partial charge in [0.05, 0.1) is 0 Å². The molecule has 1 aromatic heterocycles. The molecule has 0 spiro atoms. The summed E-state index contributed by atoms with van der Waals surface area (Å²) in [6.45, 7) is 3.00. The highest BCUT2D eigenvalue weighted by Crippen LogP contribution is 2.16. The lowest BCUT2D eigenvalue weighted by Crippen LogP contribution is -2.13. The number of unbranched alkanes of at least 4 members (excludes halogenated alkanes) is 2. The molecule has 0 aromatic carbocycles. The van der Waals surface area contributed by atoms with Gasteiger partial charge >= 0.3 is 0 Å². The van der Waals surface area contributed by atoms with Crippen molar-refractivity contribution in [3.63, 3.8) is 0 Å². The van der Waals surface area contributed by atoms with Crippen molar-refractivity contribution >= 4 is 11.6 Å². The number of nitrogens with one attached hydrogen (secondary N) is 2. The zero-order valence-corrected chi connectivity index (χ0v) is 9.53. The summed E-state index contributed by atoms with van der Waals surface area (Å²) in [4.78, 5) is 8.13. The maximum Gasteiger partial charge on any atom is 0.148 e. The zero-order valence-electron chi connectivity index (χ0n) is 9.53. The summed E-state index contributed by atoms with van der Waals surface area (Å²) in [7, 11) is 0. The van der Waals surface area contributed by atoms with Gasteiger partial charge < -0.3 is 15.8 Å². The summed E-state index contributed by atoms with van der Waals surface area (Å²) >= 11 is 0. The number of nitrogen functional groups attached to an aromatic ring is 1. The number of aliphatic hydroxyl groups is 1. The largest absolute Gasteiger partial charge is 0.396 e. The fourth-order valence-electron chi connectivity index (χ4n) is 1.39. The molecule has 6 heteroatoms. The van der Waals surface area contributed by atoms with Crippen molar-refractivity contribution in [3.05, 3.63) is 11.9 Å². The molecule has 0 radical (unpaired) electrons. The number of hydrazine groups is 1. The molecule has 0 atom stereocenters. The van der Waals surface area contributed by atoms with Crippen molar-refractivity contribution in [2.75, 3.05) is 23.9 Å². The normalized spacial score (nSPS) is 10.2. The Morgan fingerprint density at radius 2 is 2.00 bits per heavy atom. The molecule has 0 bridgehead atoms. The van der Waals surface area contributed by atoms with Crippen molar-refractivity contribution in [1.29, 1.82) is 0 Å². The molecule has 0 saturated heterocycles. The third kappa shape index (κ3) is 3.63. The molecule has 0 aliphatic carbocycles. The Labute approximate surface area is 95.3 Å². The van der Waals surface area contributed by atoms with Crippen LogP contribution in [0.15, 0.2) is 6.33 Å². The fraction of sp³-hybridized carbons (Fsp3) is 0.600. The third-order valence-corrected chi connectivity index (χ3v) is 2.35. The number of aromatic nitrogens is 2. The minimum Gasteiger partial charge on any atom is -0.396 e. The number of hydrogen-bond donors (Lipinski definition) is 4. The molecule has 0 fully saturated rings. The second-order valence-electron chi connectivity index (χ2n) is 3.55. The van der Waals surface area contributed by atoms with Gasteiger partial charge in [0.2, 0.25) is 0 Å². The Morgan fingerprint density at radius 3 is 2.69 bits per heavy atom. The molecule has 0 aliphatic rings. The van der Waals surface area contributed by atoms with Crippen LogP contribution < -0.4 is 16.6 Å². The van der Waals surface area contributed by atoms with Gasteiger partial charge in [-0.05, 0) is 26.2 Å². The standard InChI is InChI=1S/C10H19N5O/c1-8-9(12-5-3-2-4-6-16)13-7-14-10(8)15-11/h7,16H,2-6,11H2,1H3,(H2,12,13,14,15). The summed E-state index contributed by atoms with van der Waals surface area (Å²) in [5.41, 5.74) is 3.43. The summed E-state index contributed by atoms with van der Waals surface area (Å²) < 4.78 is 0. The Kier molecular flexibility index (Phi) is 5.52. The number of rotatable bonds is 7. The molecule has 90 valence electrons. The van der Waals surface area contributed by atoms with E-state index in [-0.39, 0.29) is 6.61 Å². The van der Waals surface area contributed by atoms with Gasteiger partial charge in [0.15, 0.2) is 0 Å². The summed E-state index contributed by atoms with van der Waals surface area (Å²) in [6.07, 6.45) is 4.34. The van der Waals surface area contributed by atoms with Gasteiger partial charge in [-0.3, -0.25) is 0 Å². The highest BCUT2D eigenvalue weighted by atomic mass is 16.2. The maximum atomic E-state index is 8.63. The van der Waals surface area contributed by atoms with Gasteiger partial charge in [0, 0.05) is 18.7 Å². The minimum absolute atomic E-state index is 0.258. The molecule has 0 amide bonds. The fourth-order valence-corrected chi connectivity index (χ4v) is 1.39. The molecule has 1 aromatic rings. The van der Waals surface area contributed by atoms with E-state index in [0.29, 0.717) is 5.82 Å². The topological polar surface area (TPSA) is 96.1 Å².